The molecule has 0 spiro atoms. The molecule has 0 saturated carbocycles. The van der Waals surface area contributed by atoms with E-state index in [1.807, 2.05) is 38.1 Å². The topological polar surface area (TPSA) is 24.1 Å². The summed E-state index contributed by atoms with van der Waals surface area (Å²) in [5.41, 5.74) is 0. The number of rotatable bonds is 0. The van der Waals surface area contributed by atoms with Gasteiger partial charge in [0.25, 0.3) is 0 Å². The minimum atomic E-state index is 1.01. The summed E-state index contributed by atoms with van der Waals surface area (Å²) in [6, 6.07) is 7.72. The van der Waals surface area contributed by atoms with Gasteiger partial charge in [-0.25, -0.2) is 0 Å². The fourth-order valence-electron chi connectivity index (χ4n) is 1.18. The van der Waals surface area contributed by atoms with Crippen molar-refractivity contribution in [3.05, 3.63) is 41.1 Å². The van der Waals surface area contributed by atoms with Crippen LogP contribution in [-0.4, -0.2) is 5.21 Å². The van der Waals surface area contributed by atoms with E-state index in [1.54, 1.807) is 12.4 Å². The Bertz CT molecular complexity index is 429. The van der Waals surface area contributed by atoms with Crippen molar-refractivity contribution in [3.8, 4) is 0 Å². The Morgan fingerprint density at radius 1 is 1.21 bits per heavy atom. The smallest absolute Gasteiger partial charge is 0.230 e. The van der Waals surface area contributed by atoms with E-state index in [0.717, 1.165) is 20.0 Å². The van der Waals surface area contributed by atoms with E-state index in [-0.39, 0.29) is 0 Å². The quantitative estimate of drug-likeness (QED) is 0.567. The van der Waals surface area contributed by atoms with Crippen molar-refractivity contribution in [1.29, 1.82) is 0 Å². The van der Waals surface area contributed by atoms with Gasteiger partial charge in [-0.1, -0.05) is 35.8 Å². The van der Waals surface area contributed by atoms with E-state index in [4.69, 9.17) is 5.21 Å². The van der Waals surface area contributed by atoms with Gasteiger partial charge in [0.1, 0.15) is 0 Å². The summed E-state index contributed by atoms with van der Waals surface area (Å²) in [6.07, 6.45) is 3.27. The highest BCUT2D eigenvalue weighted by atomic mass is 79.9. The fourth-order valence-corrected chi connectivity index (χ4v) is 1.69. The van der Waals surface area contributed by atoms with E-state index in [2.05, 4.69) is 15.9 Å². The molecule has 1 heterocycles. The average molecular weight is 255 g/mol. The fraction of sp³-hybridized carbons (Fsp3) is 0.182. The molecule has 0 aliphatic rings. The molecule has 0 atom stereocenters. The van der Waals surface area contributed by atoms with Crippen LogP contribution < -0.4 is 4.73 Å². The van der Waals surface area contributed by atoms with Crippen molar-refractivity contribution >= 4 is 26.7 Å². The first-order valence-electron chi connectivity index (χ1n) is 4.56. The highest BCUT2D eigenvalue weighted by molar-refractivity contribution is 9.10. The summed E-state index contributed by atoms with van der Waals surface area (Å²) in [5.74, 6) is 0. The summed E-state index contributed by atoms with van der Waals surface area (Å²) in [4.78, 5) is 0. The molecule has 0 fully saturated rings. The maximum absolute atomic E-state index is 9.12. The molecular formula is C11H13BrNO+. The Balaban J connectivity index is 0.000000461. The van der Waals surface area contributed by atoms with Crippen LogP contribution in [0.25, 0.3) is 10.8 Å². The normalized spacial score (nSPS) is 9.36. The van der Waals surface area contributed by atoms with Crippen molar-refractivity contribution in [3.63, 3.8) is 0 Å². The van der Waals surface area contributed by atoms with Crippen LogP contribution in [0.4, 0.5) is 0 Å². The van der Waals surface area contributed by atoms with Crippen molar-refractivity contribution in [1.82, 2.24) is 0 Å². The predicted molar refractivity (Wildman–Crippen MR) is 60.4 cm³/mol. The van der Waals surface area contributed by atoms with Crippen LogP contribution >= 0.6 is 15.9 Å². The van der Waals surface area contributed by atoms with Crippen molar-refractivity contribution in [2.75, 3.05) is 0 Å². The number of fused-ring (bicyclic) bond motifs is 1. The van der Waals surface area contributed by atoms with Crippen molar-refractivity contribution < 1.29 is 9.94 Å². The van der Waals surface area contributed by atoms with Gasteiger partial charge in [-0.05, 0) is 12.1 Å². The van der Waals surface area contributed by atoms with Crippen LogP contribution in [0.5, 0.6) is 0 Å². The first kappa shape index (κ1) is 11.0. The molecule has 1 N–H and O–H groups in total. The highest BCUT2D eigenvalue weighted by Crippen LogP contribution is 2.21. The molecule has 0 saturated heterocycles. The van der Waals surface area contributed by atoms with Crippen LogP contribution in [0.2, 0.25) is 0 Å². The molecule has 14 heavy (non-hydrogen) atoms. The molecule has 1 aromatic carbocycles. The lowest BCUT2D eigenvalue weighted by Crippen LogP contribution is -2.27. The zero-order valence-electron chi connectivity index (χ0n) is 8.24. The van der Waals surface area contributed by atoms with Gasteiger partial charge < -0.3 is 0 Å². The highest BCUT2D eigenvalue weighted by Gasteiger charge is 2.02. The molecule has 0 amide bonds. The van der Waals surface area contributed by atoms with E-state index in [1.165, 1.54) is 0 Å². The van der Waals surface area contributed by atoms with Gasteiger partial charge in [0.15, 0.2) is 0 Å². The molecule has 1 aromatic heterocycles. The van der Waals surface area contributed by atoms with Crippen molar-refractivity contribution in [2.24, 2.45) is 0 Å². The number of hydrogen-bond acceptors (Lipinski definition) is 1. The third-order valence-electron chi connectivity index (χ3n) is 1.75. The second-order valence-electron chi connectivity index (χ2n) is 2.57. The van der Waals surface area contributed by atoms with E-state index >= 15 is 0 Å². The van der Waals surface area contributed by atoms with Crippen LogP contribution in [0.1, 0.15) is 13.8 Å². The third kappa shape index (κ3) is 2.23. The summed E-state index contributed by atoms with van der Waals surface area (Å²) in [7, 11) is 0. The Kier molecular flexibility index (Phi) is 3.89. The zero-order chi connectivity index (χ0) is 10.6. The Morgan fingerprint density at radius 3 is 2.64 bits per heavy atom. The zero-order valence-corrected chi connectivity index (χ0v) is 9.82. The molecule has 2 rings (SSSR count). The molecule has 3 heteroatoms. The van der Waals surface area contributed by atoms with Crippen LogP contribution in [-0.2, 0) is 0 Å². The predicted octanol–water partition coefficient (Wildman–Crippen LogP) is 3.15. The van der Waals surface area contributed by atoms with Gasteiger partial charge in [-0.3, -0.25) is 5.21 Å². The maximum atomic E-state index is 9.12. The summed E-state index contributed by atoms with van der Waals surface area (Å²) in [5, 5.41) is 11.2. The van der Waals surface area contributed by atoms with Gasteiger partial charge in [0.2, 0.25) is 12.4 Å². The lowest BCUT2D eigenvalue weighted by Gasteiger charge is -1.95. The van der Waals surface area contributed by atoms with Crippen LogP contribution in [0.3, 0.4) is 0 Å². The van der Waals surface area contributed by atoms with Gasteiger partial charge in [-0.15, -0.1) is 0 Å². The molecular weight excluding hydrogens is 242 g/mol. The molecule has 0 aliphatic carbocycles. The maximum Gasteiger partial charge on any atom is 0.230 e. The third-order valence-corrected chi connectivity index (χ3v) is 2.44. The summed E-state index contributed by atoms with van der Waals surface area (Å²) in [6.45, 7) is 4.00. The van der Waals surface area contributed by atoms with E-state index in [9.17, 15) is 0 Å². The summed E-state index contributed by atoms with van der Waals surface area (Å²) < 4.78 is 2.09. The number of hydrogen-bond donors (Lipinski definition) is 1. The minimum absolute atomic E-state index is 1.01. The number of nitrogens with zero attached hydrogens (tertiary/aromatic N) is 1. The molecule has 0 bridgehead atoms. The Hall–Kier alpha value is -1.09. The largest absolute Gasteiger partial charge is 0.285 e. The van der Waals surface area contributed by atoms with Crippen LogP contribution in [0, 0.1) is 0 Å². The lowest BCUT2D eigenvalue weighted by atomic mass is 10.2. The first-order valence-corrected chi connectivity index (χ1v) is 5.35. The van der Waals surface area contributed by atoms with Gasteiger partial charge >= 0.3 is 0 Å². The first-order chi connectivity index (χ1) is 6.77. The van der Waals surface area contributed by atoms with E-state index in [0.29, 0.717) is 0 Å². The SMILES string of the molecule is CC.O[n+]1ccc2c(Br)cccc2c1. The number of pyridine rings is 1. The summed E-state index contributed by atoms with van der Waals surface area (Å²) >= 11 is 3.43. The number of benzene rings is 1. The Morgan fingerprint density at radius 2 is 1.93 bits per heavy atom. The molecule has 0 unspecified atom stereocenters. The van der Waals surface area contributed by atoms with Gasteiger partial charge in [-0.2, -0.15) is 0 Å². The Labute approximate surface area is 91.9 Å². The number of aromatic nitrogens is 1. The standard InChI is InChI=1S/C9H7BrNO.C2H6/c10-9-3-1-2-7-6-11(12)5-4-8(7)9;1-2/h1-6,12H;1-2H3/q+1;. The second kappa shape index (κ2) is 4.96. The molecule has 0 aliphatic heterocycles. The molecule has 2 nitrogen and oxygen atoms in total. The molecule has 2 aromatic rings. The van der Waals surface area contributed by atoms with Crippen molar-refractivity contribution in [2.45, 2.75) is 13.8 Å². The minimum Gasteiger partial charge on any atom is -0.285 e. The molecule has 74 valence electrons. The van der Waals surface area contributed by atoms with Crippen LogP contribution in [0.15, 0.2) is 41.1 Å². The second-order valence-corrected chi connectivity index (χ2v) is 3.42. The monoisotopic (exact) mass is 254 g/mol. The van der Waals surface area contributed by atoms with Gasteiger partial charge in [0, 0.05) is 20.7 Å². The average Bonchev–Trinajstić information content (AvgIpc) is 2.21. The lowest BCUT2D eigenvalue weighted by molar-refractivity contribution is -0.903. The van der Waals surface area contributed by atoms with Gasteiger partial charge in [0.05, 0.1) is 5.39 Å². The molecule has 0 radical (unpaired) electrons. The van der Waals surface area contributed by atoms with E-state index < -0.39 is 0 Å². The number of halogens is 1.